The van der Waals surface area contributed by atoms with Crippen LogP contribution >= 0.6 is 11.8 Å². The Bertz CT molecular complexity index is 465. The average Bonchev–Trinajstić information content (AvgIpc) is 2.31. The Morgan fingerprint density at radius 2 is 2.12 bits per heavy atom. The van der Waals surface area contributed by atoms with E-state index in [1.54, 1.807) is 0 Å². The van der Waals surface area contributed by atoms with Crippen LogP contribution in [0.3, 0.4) is 0 Å². The predicted octanol–water partition coefficient (Wildman–Crippen LogP) is 3.41. The number of Topliss-reactive ketones (excluding diaryl/α,β-unsaturated/α-hetero) is 1. The molecule has 1 fully saturated rings. The fraction of sp³-hybridized carbons (Fsp3) is 0.357. The topological polar surface area (TPSA) is 17.1 Å². The van der Waals surface area contributed by atoms with E-state index in [0.717, 1.165) is 18.4 Å². The summed E-state index contributed by atoms with van der Waals surface area (Å²) < 4.78 is 0. The Kier molecular flexibility index (Phi) is 2.40. The quantitative estimate of drug-likeness (QED) is 0.634. The van der Waals surface area contributed by atoms with Crippen molar-refractivity contribution in [1.82, 2.24) is 0 Å². The fourth-order valence-corrected chi connectivity index (χ4v) is 3.92. The predicted molar refractivity (Wildman–Crippen MR) is 68.2 cm³/mol. The van der Waals surface area contributed by atoms with Crippen LogP contribution in [0.5, 0.6) is 0 Å². The van der Waals surface area contributed by atoms with Gasteiger partial charge in [0.15, 0.2) is 5.78 Å². The first-order chi connectivity index (χ1) is 7.77. The Labute approximate surface area is 100.0 Å². The number of hydrogen-bond donors (Lipinski definition) is 0. The first kappa shape index (κ1) is 10.2. The van der Waals surface area contributed by atoms with Crippen LogP contribution in [0, 0.1) is 5.92 Å². The summed E-state index contributed by atoms with van der Waals surface area (Å²) in [5, 5.41) is 0.332. The van der Waals surface area contributed by atoms with Gasteiger partial charge in [-0.1, -0.05) is 36.0 Å². The van der Waals surface area contributed by atoms with E-state index >= 15 is 0 Å². The molecule has 1 heterocycles. The smallest absolute Gasteiger partial charge is 0.171 e. The van der Waals surface area contributed by atoms with Gasteiger partial charge in [-0.25, -0.2) is 0 Å². The molecule has 2 unspecified atom stereocenters. The second-order valence-electron chi connectivity index (χ2n) is 4.49. The Balaban J connectivity index is 2.02. The van der Waals surface area contributed by atoms with Gasteiger partial charge in [0.25, 0.3) is 0 Å². The van der Waals surface area contributed by atoms with Crippen molar-refractivity contribution < 1.29 is 4.79 Å². The lowest BCUT2D eigenvalue weighted by atomic mass is 9.85. The van der Waals surface area contributed by atoms with E-state index in [1.165, 1.54) is 10.5 Å². The molecule has 1 nitrogen and oxygen atoms in total. The lowest BCUT2D eigenvalue weighted by Gasteiger charge is -2.34. The molecule has 2 atom stereocenters. The minimum Gasteiger partial charge on any atom is -0.293 e. The molecule has 16 heavy (non-hydrogen) atoms. The normalized spacial score (nSPS) is 32.3. The first-order valence-corrected chi connectivity index (χ1v) is 6.62. The third-order valence-electron chi connectivity index (χ3n) is 3.38. The van der Waals surface area contributed by atoms with Crippen molar-refractivity contribution in [3.05, 3.63) is 46.4 Å². The molecule has 0 amide bonds. The van der Waals surface area contributed by atoms with Gasteiger partial charge in [0.1, 0.15) is 0 Å². The van der Waals surface area contributed by atoms with Crippen molar-refractivity contribution in [2.75, 3.05) is 0 Å². The zero-order chi connectivity index (χ0) is 11.1. The van der Waals surface area contributed by atoms with Crippen LogP contribution in [-0.2, 0) is 4.79 Å². The van der Waals surface area contributed by atoms with E-state index in [1.807, 2.05) is 17.8 Å². The number of carbonyl (C=O) groups is 1. The molecule has 0 bridgehead atoms. The zero-order valence-corrected chi connectivity index (χ0v) is 10.1. The summed E-state index contributed by atoms with van der Waals surface area (Å²) in [6.45, 7) is 2.12. The SMILES string of the molecule is CC1=CC=CC2C(=O)C3=CCCC=C3SC12. The zero-order valence-electron chi connectivity index (χ0n) is 9.27. The highest BCUT2D eigenvalue weighted by Gasteiger charge is 2.38. The van der Waals surface area contributed by atoms with Crippen LogP contribution in [0.4, 0.5) is 0 Å². The Hall–Kier alpha value is -1.02. The van der Waals surface area contributed by atoms with E-state index in [4.69, 9.17) is 0 Å². The van der Waals surface area contributed by atoms with Crippen molar-refractivity contribution in [3.8, 4) is 0 Å². The molecule has 0 aromatic carbocycles. The van der Waals surface area contributed by atoms with Crippen molar-refractivity contribution in [2.45, 2.75) is 25.0 Å². The molecule has 2 heteroatoms. The largest absolute Gasteiger partial charge is 0.293 e. The summed E-state index contributed by atoms with van der Waals surface area (Å²) >= 11 is 1.86. The van der Waals surface area contributed by atoms with Crippen molar-refractivity contribution in [1.29, 1.82) is 0 Å². The molecule has 0 aromatic heterocycles. The van der Waals surface area contributed by atoms with Crippen molar-refractivity contribution >= 4 is 17.5 Å². The number of fused-ring (bicyclic) bond motifs is 2. The molecule has 0 N–H and O–H groups in total. The third-order valence-corrected chi connectivity index (χ3v) is 4.94. The van der Waals surface area contributed by atoms with Gasteiger partial charge in [0.05, 0.1) is 5.92 Å². The minimum absolute atomic E-state index is 0.0662. The highest BCUT2D eigenvalue weighted by atomic mass is 32.2. The van der Waals surface area contributed by atoms with E-state index in [-0.39, 0.29) is 5.92 Å². The molecule has 3 rings (SSSR count). The number of rotatable bonds is 0. The lowest BCUT2D eigenvalue weighted by molar-refractivity contribution is -0.117. The van der Waals surface area contributed by atoms with Gasteiger partial charge < -0.3 is 0 Å². The third kappa shape index (κ3) is 1.44. The molecule has 3 aliphatic rings. The molecule has 0 spiro atoms. The van der Waals surface area contributed by atoms with Gasteiger partial charge in [-0.3, -0.25) is 4.79 Å². The highest BCUT2D eigenvalue weighted by Crippen LogP contribution is 2.46. The van der Waals surface area contributed by atoms with Gasteiger partial charge in [0.2, 0.25) is 0 Å². The lowest BCUT2D eigenvalue weighted by Crippen LogP contribution is -2.33. The summed E-state index contributed by atoms with van der Waals surface area (Å²) in [5.74, 6) is 0.384. The molecule has 0 aromatic rings. The Morgan fingerprint density at radius 3 is 3.00 bits per heavy atom. The fourth-order valence-electron chi connectivity index (χ4n) is 2.50. The number of allylic oxidation sites excluding steroid dienone is 6. The van der Waals surface area contributed by atoms with E-state index in [2.05, 4.69) is 31.2 Å². The molecular weight excluding hydrogens is 216 g/mol. The summed E-state index contributed by atoms with van der Waals surface area (Å²) in [5.41, 5.74) is 2.29. The standard InChI is InChI=1S/C14H14OS/c1-9-5-4-7-11-13(15)10-6-2-3-8-12(10)16-14(9)11/h4-8,11,14H,2-3H2,1H3. The van der Waals surface area contributed by atoms with Crippen molar-refractivity contribution in [2.24, 2.45) is 5.92 Å². The molecule has 0 saturated carbocycles. The maximum Gasteiger partial charge on any atom is 0.171 e. The number of hydrogen-bond acceptors (Lipinski definition) is 2. The maximum atomic E-state index is 12.3. The molecule has 1 saturated heterocycles. The monoisotopic (exact) mass is 230 g/mol. The molecule has 1 aliphatic heterocycles. The Morgan fingerprint density at radius 1 is 1.31 bits per heavy atom. The molecular formula is C14H14OS. The molecule has 2 aliphatic carbocycles. The van der Waals surface area contributed by atoms with Crippen LogP contribution < -0.4 is 0 Å². The molecule has 82 valence electrons. The van der Waals surface area contributed by atoms with Gasteiger partial charge in [-0.05, 0) is 19.8 Å². The van der Waals surface area contributed by atoms with E-state index < -0.39 is 0 Å². The van der Waals surface area contributed by atoms with Gasteiger partial charge in [-0.2, -0.15) is 0 Å². The number of ketones is 1. The van der Waals surface area contributed by atoms with Gasteiger partial charge in [-0.15, -0.1) is 11.8 Å². The van der Waals surface area contributed by atoms with Crippen LogP contribution in [0.1, 0.15) is 19.8 Å². The van der Waals surface area contributed by atoms with Crippen LogP contribution in [0.2, 0.25) is 0 Å². The van der Waals surface area contributed by atoms with Crippen LogP contribution in [0.15, 0.2) is 46.4 Å². The summed E-state index contributed by atoms with van der Waals surface area (Å²) in [7, 11) is 0. The summed E-state index contributed by atoms with van der Waals surface area (Å²) in [6, 6.07) is 0. The number of carbonyl (C=O) groups excluding carboxylic acids is 1. The highest BCUT2D eigenvalue weighted by molar-refractivity contribution is 8.04. The molecule has 0 radical (unpaired) electrons. The first-order valence-electron chi connectivity index (χ1n) is 5.74. The summed E-state index contributed by atoms with van der Waals surface area (Å²) in [4.78, 5) is 13.5. The minimum atomic E-state index is 0.0662. The van der Waals surface area contributed by atoms with E-state index in [9.17, 15) is 4.79 Å². The van der Waals surface area contributed by atoms with E-state index in [0.29, 0.717) is 11.0 Å². The maximum absolute atomic E-state index is 12.3. The second kappa shape index (κ2) is 3.77. The van der Waals surface area contributed by atoms with Gasteiger partial charge in [0, 0.05) is 15.7 Å². The van der Waals surface area contributed by atoms with Crippen LogP contribution in [-0.4, -0.2) is 11.0 Å². The van der Waals surface area contributed by atoms with Gasteiger partial charge >= 0.3 is 0 Å². The summed E-state index contributed by atoms with van der Waals surface area (Å²) in [6.07, 6.45) is 12.6. The second-order valence-corrected chi connectivity index (χ2v) is 5.67. The average molecular weight is 230 g/mol. The number of thioether (sulfide) groups is 1. The van der Waals surface area contributed by atoms with Crippen LogP contribution in [0.25, 0.3) is 0 Å². The van der Waals surface area contributed by atoms with Crippen molar-refractivity contribution in [3.63, 3.8) is 0 Å².